The lowest BCUT2D eigenvalue weighted by Crippen LogP contribution is -2.20. The molecule has 0 spiro atoms. The van der Waals surface area contributed by atoms with Crippen LogP contribution in [0.25, 0.3) is 5.69 Å². The maximum atomic E-state index is 14.1. The number of hydrogen-bond acceptors (Lipinski definition) is 4. The van der Waals surface area contributed by atoms with E-state index in [1.807, 2.05) is 0 Å². The summed E-state index contributed by atoms with van der Waals surface area (Å²) in [5.74, 6) is -1.58. The Morgan fingerprint density at radius 3 is 2.55 bits per heavy atom. The molecule has 0 amide bonds. The second kappa shape index (κ2) is 5.16. The molecule has 20 heavy (non-hydrogen) atoms. The summed E-state index contributed by atoms with van der Waals surface area (Å²) in [6.45, 7) is 1.56. The maximum absolute atomic E-state index is 14.1. The molecule has 1 aromatic carbocycles. The summed E-state index contributed by atoms with van der Waals surface area (Å²) in [4.78, 5) is 23.1. The smallest absolute Gasteiger partial charge is 0.337 e. The Morgan fingerprint density at radius 1 is 1.30 bits per heavy atom. The lowest BCUT2D eigenvalue weighted by atomic mass is 10.2. The highest BCUT2D eigenvalue weighted by molar-refractivity contribution is 5.89. The van der Waals surface area contributed by atoms with Gasteiger partial charge in [0.15, 0.2) is 0 Å². The number of pyridine rings is 1. The van der Waals surface area contributed by atoms with Gasteiger partial charge in [-0.05, 0) is 31.2 Å². The minimum Gasteiger partial charge on any atom is -0.508 e. The van der Waals surface area contributed by atoms with Crippen LogP contribution in [0.15, 0.2) is 35.1 Å². The molecule has 1 N–H and O–H groups in total. The Morgan fingerprint density at radius 2 is 2.00 bits per heavy atom. The Kier molecular flexibility index (Phi) is 3.56. The molecule has 1 aromatic heterocycles. The van der Waals surface area contributed by atoms with Gasteiger partial charge in [0.1, 0.15) is 11.6 Å². The number of hydrogen-bond donors (Lipinski definition) is 1. The lowest BCUT2D eigenvalue weighted by molar-refractivity contribution is 0.0600. The van der Waals surface area contributed by atoms with Crippen molar-refractivity contribution in [3.63, 3.8) is 0 Å². The van der Waals surface area contributed by atoms with Crippen molar-refractivity contribution in [1.29, 1.82) is 0 Å². The van der Waals surface area contributed by atoms with Crippen LogP contribution in [-0.2, 0) is 4.74 Å². The topological polar surface area (TPSA) is 68.5 Å². The van der Waals surface area contributed by atoms with E-state index in [0.717, 1.165) is 16.7 Å². The first-order chi connectivity index (χ1) is 9.43. The SMILES string of the molecule is COC(=O)c1ccc(-n2c(C)cc(O)cc2=O)c(F)c1. The van der Waals surface area contributed by atoms with Gasteiger partial charge in [-0.1, -0.05) is 0 Å². The van der Waals surface area contributed by atoms with Crippen molar-refractivity contribution in [1.82, 2.24) is 4.57 Å². The molecular weight excluding hydrogens is 265 g/mol. The highest BCUT2D eigenvalue weighted by atomic mass is 19.1. The van der Waals surface area contributed by atoms with E-state index in [1.54, 1.807) is 6.92 Å². The molecule has 0 atom stereocenters. The van der Waals surface area contributed by atoms with Crippen molar-refractivity contribution in [2.75, 3.05) is 7.11 Å². The van der Waals surface area contributed by atoms with Crippen LogP contribution in [0.4, 0.5) is 4.39 Å². The van der Waals surface area contributed by atoms with Crippen LogP contribution in [0.1, 0.15) is 16.1 Å². The summed E-state index contributed by atoms with van der Waals surface area (Å²) in [7, 11) is 1.20. The van der Waals surface area contributed by atoms with Gasteiger partial charge in [-0.2, -0.15) is 0 Å². The van der Waals surface area contributed by atoms with Gasteiger partial charge in [0.25, 0.3) is 5.56 Å². The maximum Gasteiger partial charge on any atom is 0.337 e. The summed E-state index contributed by atoms with van der Waals surface area (Å²) in [5.41, 5.74) is -0.134. The third-order valence-electron chi connectivity index (χ3n) is 2.81. The van der Waals surface area contributed by atoms with Gasteiger partial charge in [-0.15, -0.1) is 0 Å². The summed E-state index contributed by atoms with van der Waals surface area (Å²) in [6.07, 6.45) is 0. The van der Waals surface area contributed by atoms with Gasteiger partial charge < -0.3 is 9.84 Å². The fraction of sp³-hybridized carbons (Fsp3) is 0.143. The van der Waals surface area contributed by atoms with Gasteiger partial charge in [0.05, 0.1) is 18.4 Å². The molecule has 0 bridgehead atoms. The first-order valence-corrected chi connectivity index (χ1v) is 5.75. The lowest BCUT2D eigenvalue weighted by Gasteiger charge is -2.11. The number of aromatic nitrogens is 1. The van der Waals surface area contributed by atoms with E-state index in [0.29, 0.717) is 5.69 Å². The fourth-order valence-corrected chi connectivity index (χ4v) is 1.93. The van der Waals surface area contributed by atoms with E-state index >= 15 is 0 Å². The average molecular weight is 277 g/mol. The Labute approximate surface area is 113 Å². The zero-order valence-electron chi connectivity index (χ0n) is 10.9. The number of methoxy groups -OCH3 is 1. The normalized spacial score (nSPS) is 10.3. The van der Waals surface area contributed by atoms with Crippen molar-refractivity contribution in [2.45, 2.75) is 6.92 Å². The number of ether oxygens (including phenoxy) is 1. The number of carbonyl (C=O) groups is 1. The predicted molar refractivity (Wildman–Crippen MR) is 69.7 cm³/mol. The van der Waals surface area contributed by atoms with E-state index in [-0.39, 0.29) is 17.0 Å². The molecule has 0 saturated carbocycles. The number of nitrogens with zero attached hydrogens (tertiary/aromatic N) is 1. The number of rotatable bonds is 2. The van der Waals surface area contributed by atoms with Crippen LogP contribution in [0, 0.1) is 12.7 Å². The zero-order chi connectivity index (χ0) is 14.9. The number of benzene rings is 1. The molecule has 0 radical (unpaired) electrons. The highest BCUT2D eigenvalue weighted by Crippen LogP contribution is 2.18. The molecule has 0 unspecified atom stereocenters. The van der Waals surface area contributed by atoms with E-state index in [1.165, 1.54) is 25.3 Å². The number of aromatic hydroxyl groups is 1. The van der Waals surface area contributed by atoms with Crippen molar-refractivity contribution >= 4 is 5.97 Å². The van der Waals surface area contributed by atoms with Crippen LogP contribution >= 0.6 is 0 Å². The molecule has 0 fully saturated rings. The van der Waals surface area contributed by atoms with E-state index in [4.69, 9.17) is 0 Å². The number of carbonyl (C=O) groups excluding carboxylic acids is 1. The van der Waals surface area contributed by atoms with Crippen LogP contribution < -0.4 is 5.56 Å². The first-order valence-electron chi connectivity index (χ1n) is 5.75. The largest absolute Gasteiger partial charge is 0.508 e. The molecule has 0 saturated heterocycles. The first kappa shape index (κ1) is 13.8. The second-order valence-corrected chi connectivity index (χ2v) is 4.19. The molecule has 6 heteroatoms. The monoisotopic (exact) mass is 277 g/mol. The van der Waals surface area contributed by atoms with E-state index in [2.05, 4.69) is 4.74 Å². The average Bonchev–Trinajstić information content (AvgIpc) is 2.38. The minimum absolute atomic E-state index is 0.000142. The summed E-state index contributed by atoms with van der Waals surface area (Å²) in [5, 5.41) is 9.32. The van der Waals surface area contributed by atoms with Gasteiger partial charge in [0.2, 0.25) is 0 Å². The quantitative estimate of drug-likeness (QED) is 0.849. The highest BCUT2D eigenvalue weighted by Gasteiger charge is 2.13. The van der Waals surface area contributed by atoms with Crippen LogP contribution in [-0.4, -0.2) is 22.8 Å². The summed E-state index contributed by atoms with van der Waals surface area (Å²) >= 11 is 0. The van der Waals surface area contributed by atoms with E-state index in [9.17, 15) is 19.1 Å². The molecule has 5 nitrogen and oxygen atoms in total. The Bertz CT molecular complexity index is 736. The van der Waals surface area contributed by atoms with Crippen molar-refractivity contribution in [3.05, 3.63) is 57.8 Å². The molecule has 0 aliphatic carbocycles. The number of esters is 1. The molecule has 0 aliphatic rings. The summed E-state index contributed by atoms with van der Waals surface area (Å²) < 4.78 is 19.7. The predicted octanol–water partition coefficient (Wildman–Crippen LogP) is 1.78. The van der Waals surface area contributed by atoms with E-state index < -0.39 is 17.3 Å². The van der Waals surface area contributed by atoms with Crippen molar-refractivity contribution in [2.24, 2.45) is 0 Å². The third-order valence-corrected chi connectivity index (χ3v) is 2.81. The van der Waals surface area contributed by atoms with Crippen LogP contribution in [0.5, 0.6) is 5.75 Å². The second-order valence-electron chi connectivity index (χ2n) is 4.19. The molecule has 2 aromatic rings. The zero-order valence-corrected chi connectivity index (χ0v) is 10.9. The molecule has 2 rings (SSSR count). The van der Waals surface area contributed by atoms with Gasteiger partial charge in [-0.3, -0.25) is 9.36 Å². The summed E-state index contributed by atoms with van der Waals surface area (Å²) in [6, 6.07) is 6.01. The third kappa shape index (κ3) is 2.40. The molecule has 104 valence electrons. The Balaban J connectivity index is 2.60. The van der Waals surface area contributed by atoms with Crippen molar-refractivity contribution in [3.8, 4) is 11.4 Å². The molecule has 1 heterocycles. The number of aryl methyl sites for hydroxylation is 1. The number of halogens is 1. The van der Waals surface area contributed by atoms with Crippen LogP contribution in [0.3, 0.4) is 0 Å². The Hall–Kier alpha value is -2.63. The fourth-order valence-electron chi connectivity index (χ4n) is 1.93. The van der Waals surface area contributed by atoms with Crippen molar-refractivity contribution < 1.29 is 19.0 Å². The van der Waals surface area contributed by atoms with Gasteiger partial charge in [-0.25, -0.2) is 9.18 Å². The van der Waals surface area contributed by atoms with Crippen LogP contribution in [0.2, 0.25) is 0 Å². The van der Waals surface area contributed by atoms with Gasteiger partial charge >= 0.3 is 5.97 Å². The molecular formula is C14H12FNO4. The minimum atomic E-state index is -0.733. The standard InChI is InChI=1S/C14H12FNO4/c1-8-5-10(17)7-13(18)16(8)12-4-3-9(6-11(12)15)14(19)20-2/h3-7,17H,1-2H3. The van der Waals surface area contributed by atoms with Gasteiger partial charge in [0, 0.05) is 11.8 Å². The molecule has 0 aliphatic heterocycles.